The molecule has 0 saturated carbocycles. The van der Waals surface area contributed by atoms with Crippen molar-refractivity contribution in [1.82, 2.24) is 15.1 Å². The summed E-state index contributed by atoms with van der Waals surface area (Å²) in [6.07, 6.45) is 2.56. The Labute approximate surface area is 114 Å². The molecule has 1 saturated heterocycles. The molecule has 1 heterocycles. The predicted octanol–water partition coefficient (Wildman–Crippen LogP) is 2.04. The Balaban J connectivity index is 2.02. The van der Waals surface area contributed by atoms with E-state index in [1.165, 1.54) is 52.1 Å². The molecule has 0 radical (unpaired) electrons. The largest absolute Gasteiger partial charge is 0.316 e. The van der Waals surface area contributed by atoms with E-state index in [1.54, 1.807) is 0 Å². The lowest BCUT2D eigenvalue weighted by Gasteiger charge is -2.37. The first-order chi connectivity index (χ1) is 8.63. The van der Waals surface area contributed by atoms with Gasteiger partial charge in [-0.15, -0.1) is 0 Å². The molecule has 1 unspecified atom stereocenters. The van der Waals surface area contributed by atoms with Gasteiger partial charge in [-0.05, 0) is 45.3 Å². The first-order valence-corrected chi connectivity index (χ1v) is 7.80. The van der Waals surface area contributed by atoms with Gasteiger partial charge in [-0.3, -0.25) is 4.90 Å². The van der Waals surface area contributed by atoms with Crippen LogP contribution in [-0.4, -0.2) is 61.7 Å². The van der Waals surface area contributed by atoms with Crippen molar-refractivity contribution < 1.29 is 0 Å². The maximum absolute atomic E-state index is 3.52. The van der Waals surface area contributed by atoms with E-state index in [-0.39, 0.29) is 0 Å². The first-order valence-electron chi connectivity index (χ1n) is 7.80. The van der Waals surface area contributed by atoms with Gasteiger partial charge in [-0.1, -0.05) is 20.8 Å². The summed E-state index contributed by atoms with van der Waals surface area (Å²) in [6, 6.07) is 0.764. The lowest BCUT2D eigenvalue weighted by atomic mass is 10.2. The second-order valence-electron chi connectivity index (χ2n) is 6.09. The van der Waals surface area contributed by atoms with Crippen molar-refractivity contribution in [2.45, 2.75) is 46.6 Å². The van der Waals surface area contributed by atoms with E-state index < -0.39 is 0 Å². The van der Waals surface area contributed by atoms with Gasteiger partial charge in [0.2, 0.25) is 0 Å². The summed E-state index contributed by atoms with van der Waals surface area (Å²) in [7, 11) is 0. The number of nitrogens with one attached hydrogen (secondary N) is 1. The van der Waals surface area contributed by atoms with E-state index in [2.05, 4.69) is 42.8 Å². The van der Waals surface area contributed by atoms with E-state index in [9.17, 15) is 0 Å². The highest BCUT2D eigenvalue weighted by molar-refractivity contribution is 4.75. The Bertz CT molecular complexity index is 198. The summed E-state index contributed by atoms with van der Waals surface area (Å²) in [5.41, 5.74) is 0. The number of hydrogen-bond donors (Lipinski definition) is 1. The minimum absolute atomic E-state index is 0.764. The lowest BCUT2D eigenvalue weighted by Crippen LogP contribution is -2.49. The van der Waals surface area contributed by atoms with E-state index in [4.69, 9.17) is 0 Å². The van der Waals surface area contributed by atoms with Gasteiger partial charge in [0.15, 0.2) is 0 Å². The molecule has 0 bridgehead atoms. The minimum atomic E-state index is 0.764. The van der Waals surface area contributed by atoms with Crippen LogP contribution in [0.4, 0.5) is 0 Å². The number of hydrogen-bond acceptors (Lipinski definition) is 3. The standard InChI is InChI=1S/C15H33N3/c1-5-15(4)18-11-9-17(10-12-18)8-6-7-16-13-14(2)3/h14-16H,5-13H2,1-4H3. The van der Waals surface area contributed by atoms with Gasteiger partial charge in [-0.25, -0.2) is 0 Å². The highest BCUT2D eigenvalue weighted by Gasteiger charge is 2.19. The Morgan fingerprint density at radius 2 is 1.72 bits per heavy atom. The third-order valence-corrected chi connectivity index (χ3v) is 4.00. The maximum atomic E-state index is 3.52. The van der Waals surface area contributed by atoms with Crippen LogP contribution in [0.2, 0.25) is 0 Å². The predicted molar refractivity (Wildman–Crippen MR) is 80.1 cm³/mol. The van der Waals surface area contributed by atoms with Crippen LogP contribution < -0.4 is 5.32 Å². The zero-order chi connectivity index (χ0) is 13.4. The average molecular weight is 255 g/mol. The fraction of sp³-hybridized carbons (Fsp3) is 1.00. The summed E-state index contributed by atoms with van der Waals surface area (Å²) in [4.78, 5) is 5.25. The Morgan fingerprint density at radius 3 is 2.28 bits per heavy atom. The summed E-state index contributed by atoms with van der Waals surface area (Å²) >= 11 is 0. The molecule has 0 aliphatic carbocycles. The highest BCUT2D eigenvalue weighted by atomic mass is 15.3. The molecule has 18 heavy (non-hydrogen) atoms. The Hall–Kier alpha value is -0.120. The normalized spacial score (nSPS) is 20.5. The third-order valence-electron chi connectivity index (χ3n) is 4.00. The van der Waals surface area contributed by atoms with Crippen LogP contribution in [0.25, 0.3) is 0 Å². The molecule has 1 rings (SSSR count). The van der Waals surface area contributed by atoms with Crippen LogP contribution in [0.3, 0.4) is 0 Å². The quantitative estimate of drug-likeness (QED) is 0.670. The molecule has 0 spiro atoms. The number of piperazine rings is 1. The van der Waals surface area contributed by atoms with Crippen LogP contribution in [0.5, 0.6) is 0 Å². The van der Waals surface area contributed by atoms with Crippen molar-refractivity contribution in [2.75, 3.05) is 45.8 Å². The van der Waals surface area contributed by atoms with E-state index in [0.29, 0.717) is 0 Å². The molecule has 0 aromatic heterocycles. The van der Waals surface area contributed by atoms with Gasteiger partial charge in [0.25, 0.3) is 0 Å². The molecule has 0 amide bonds. The van der Waals surface area contributed by atoms with Crippen LogP contribution in [0, 0.1) is 5.92 Å². The zero-order valence-electron chi connectivity index (χ0n) is 12.9. The van der Waals surface area contributed by atoms with Gasteiger partial charge in [0, 0.05) is 32.2 Å². The molecule has 0 aromatic rings. The van der Waals surface area contributed by atoms with Gasteiger partial charge >= 0.3 is 0 Å². The Kier molecular flexibility index (Phi) is 7.87. The van der Waals surface area contributed by atoms with E-state index in [0.717, 1.165) is 18.5 Å². The van der Waals surface area contributed by atoms with Crippen molar-refractivity contribution in [1.29, 1.82) is 0 Å². The molecule has 1 fully saturated rings. The number of nitrogens with zero attached hydrogens (tertiary/aromatic N) is 2. The second-order valence-corrected chi connectivity index (χ2v) is 6.09. The zero-order valence-corrected chi connectivity index (χ0v) is 12.9. The molecule has 3 heteroatoms. The van der Waals surface area contributed by atoms with Crippen molar-refractivity contribution in [3.8, 4) is 0 Å². The summed E-state index contributed by atoms with van der Waals surface area (Å²) < 4.78 is 0. The monoisotopic (exact) mass is 255 g/mol. The Morgan fingerprint density at radius 1 is 1.06 bits per heavy atom. The average Bonchev–Trinajstić information content (AvgIpc) is 2.38. The fourth-order valence-corrected chi connectivity index (χ4v) is 2.50. The topological polar surface area (TPSA) is 18.5 Å². The van der Waals surface area contributed by atoms with Gasteiger partial charge in [0.1, 0.15) is 0 Å². The first kappa shape index (κ1) is 15.9. The molecule has 1 aliphatic heterocycles. The van der Waals surface area contributed by atoms with Crippen LogP contribution in [-0.2, 0) is 0 Å². The summed E-state index contributed by atoms with van der Waals surface area (Å²) in [5, 5.41) is 3.52. The molecule has 1 aliphatic rings. The molecule has 108 valence electrons. The molecule has 3 nitrogen and oxygen atoms in total. The van der Waals surface area contributed by atoms with E-state index in [1.807, 2.05) is 0 Å². The van der Waals surface area contributed by atoms with Gasteiger partial charge < -0.3 is 10.2 Å². The van der Waals surface area contributed by atoms with Gasteiger partial charge in [-0.2, -0.15) is 0 Å². The third kappa shape index (κ3) is 6.17. The van der Waals surface area contributed by atoms with Crippen molar-refractivity contribution >= 4 is 0 Å². The maximum Gasteiger partial charge on any atom is 0.0113 e. The van der Waals surface area contributed by atoms with Crippen LogP contribution in [0.15, 0.2) is 0 Å². The van der Waals surface area contributed by atoms with Crippen molar-refractivity contribution in [2.24, 2.45) is 5.92 Å². The summed E-state index contributed by atoms with van der Waals surface area (Å²) in [6.45, 7) is 17.8. The minimum Gasteiger partial charge on any atom is -0.316 e. The lowest BCUT2D eigenvalue weighted by molar-refractivity contribution is 0.0999. The van der Waals surface area contributed by atoms with Crippen molar-refractivity contribution in [3.05, 3.63) is 0 Å². The summed E-state index contributed by atoms with van der Waals surface area (Å²) in [5.74, 6) is 0.768. The smallest absolute Gasteiger partial charge is 0.0113 e. The van der Waals surface area contributed by atoms with Gasteiger partial charge in [0.05, 0.1) is 0 Å². The molecule has 1 N–H and O–H groups in total. The molecule has 0 aromatic carbocycles. The highest BCUT2D eigenvalue weighted by Crippen LogP contribution is 2.08. The SMILES string of the molecule is CCC(C)N1CCN(CCCNCC(C)C)CC1. The van der Waals surface area contributed by atoms with E-state index >= 15 is 0 Å². The molecule has 1 atom stereocenters. The van der Waals surface area contributed by atoms with Crippen LogP contribution in [0.1, 0.15) is 40.5 Å². The molecular weight excluding hydrogens is 222 g/mol. The number of rotatable bonds is 8. The fourth-order valence-electron chi connectivity index (χ4n) is 2.50. The van der Waals surface area contributed by atoms with Crippen molar-refractivity contribution in [3.63, 3.8) is 0 Å². The second kappa shape index (κ2) is 8.89. The van der Waals surface area contributed by atoms with Crippen LogP contribution >= 0.6 is 0 Å². The molecular formula is C15H33N3.